The van der Waals surface area contributed by atoms with E-state index >= 15 is 0 Å². The number of carbonyl (C=O) groups excluding carboxylic acids is 1. The molecule has 0 heterocycles. The van der Waals surface area contributed by atoms with Gasteiger partial charge in [0.1, 0.15) is 5.78 Å². The van der Waals surface area contributed by atoms with Crippen molar-refractivity contribution in [1.82, 2.24) is 0 Å². The van der Waals surface area contributed by atoms with E-state index in [4.69, 9.17) is 0 Å². The van der Waals surface area contributed by atoms with Gasteiger partial charge >= 0.3 is 0 Å². The first-order valence-corrected chi connectivity index (χ1v) is 13.7. The fraction of sp³-hybridized carbons (Fsp3) is 0.966. The van der Waals surface area contributed by atoms with Crippen molar-refractivity contribution in [1.29, 1.82) is 0 Å². The summed E-state index contributed by atoms with van der Waals surface area (Å²) in [7, 11) is 0. The van der Waals surface area contributed by atoms with Gasteiger partial charge in [0.2, 0.25) is 0 Å². The fourth-order valence-corrected chi connectivity index (χ4v) is 9.76. The average molecular weight is 415 g/mol. The van der Waals surface area contributed by atoms with E-state index in [2.05, 4.69) is 41.5 Å². The lowest BCUT2D eigenvalue weighted by Gasteiger charge is -2.60. The highest BCUT2D eigenvalue weighted by atomic mass is 16.1. The molecule has 0 aromatic carbocycles. The highest BCUT2D eigenvalue weighted by molar-refractivity contribution is 5.83. The van der Waals surface area contributed by atoms with E-state index in [0.29, 0.717) is 28.4 Å². The Labute approximate surface area is 187 Å². The van der Waals surface area contributed by atoms with Crippen molar-refractivity contribution in [2.24, 2.45) is 58.2 Å². The standard InChI is InChI=1S/C29H50O/c1-7-21(19(2)3)12-11-20(4)23-13-14-24-22-18-27(30)26-10-8-9-16-28(26,5)25(22)15-17-29(23,24)6/h19-26H,7-18H2,1-6H3/t20-,21-,22+,23-,24+,25+,26?,28-,29-/m1/s1. The molecule has 1 nitrogen and oxygen atoms in total. The van der Waals surface area contributed by atoms with E-state index in [1.165, 1.54) is 70.6 Å². The quantitative estimate of drug-likeness (QED) is 0.427. The zero-order chi connectivity index (χ0) is 21.7. The normalized spacial score (nSPS) is 45.6. The number of rotatable bonds is 6. The predicted octanol–water partition coefficient (Wildman–Crippen LogP) is 8.31. The molecule has 1 unspecified atom stereocenters. The number of hydrogen-bond donors (Lipinski definition) is 0. The topological polar surface area (TPSA) is 17.1 Å². The second kappa shape index (κ2) is 8.55. The molecule has 0 N–H and O–H groups in total. The average Bonchev–Trinajstić information content (AvgIpc) is 3.05. The first-order chi connectivity index (χ1) is 14.2. The van der Waals surface area contributed by atoms with Crippen LogP contribution in [0.4, 0.5) is 0 Å². The zero-order valence-electron chi connectivity index (χ0n) is 21.0. The summed E-state index contributed by atoms with van der Waals surface area (Å²) in [6.07, 6.45) is 15.9. The molecule has 0 amide bonds. The molecule has 4 fully saturated rings. The maximum absolute atomic E-state index is 13.3. The molecule has 172 valence electrons. The molecule has 0 aliphatic heterocycles. The Hall–Kier alpha value is -0.330. The van der Waals surface area contributed by atoms with Gasteiger partial charge in [-0.25, -0.2) is 0 Å². The molecule has 0 aromatic heterocycles. The van der Waals surface area contributed by atoms with Gasteiger partial charge in [0.25, 0.3) is 0 Å². The zero-order valence-corrected chi connectivity index (χ0v) is 21.0. The van der Waals surface area contributed by atoms with Crippen LogP contribution >= 0.6 is 0 Å². The van der Waals surface area contributed by atoms with Crippen LogP contribution < -0.4 is 0 Å². The molecular formula is C29H50O. The lowest BCUT2D eigenvalue weighted by molar-refractivity contribution is -0.154. The molecule has 4 rings (SSSR count). The van der Waals surface area contributed by atoms with Crippen LogP contribution in [-0.4, -0.2) is 5.78 Å². The molecule has 0 spiro atoms. The van der Waals surface area contributed by atoms with Gasteiger partial charge in [0.15, 0.2) is 0 Å². The van der Waals surface area contributed by atoms with Crippen LogP contribution in [0.2, 0.25) is 0 Å². The maximum atomic E-state index is 13.3. The number of carbonyl (C=O) groups is 1. The Morgan fingerprint density at radius 2 is 1.63 bits per heavy atom. The summed E-state index contributed by atoms with van der Waals surface area (Å²) in [6.45, 7) is 14.9. The van der Waals surface area contributed by atoms with E-state index in [1.807, 2.05) is 0 Å². The van der Waals surface area contributed by atoms with E-state index in [9.17, 15) is 4.79 Å². The lowest BCUT2D eigenvalue weighted by Crippen LogP contribution is -2.56. The summed E-state index contributed by atoms with van der Waals surface area (Å²) in [5, 5.41) is 0. The van der Waals surface area contributed by atoms with Gasteiger partial charge in [-0.3, -0.25) is 4.79 Å². The second-order valence-electron chi connectivity index (χ2n) is 13.0. The SMILES string of the molecule is CC[C@H](CC[C@@H](C)[C@H]1CC[C@H]2[C@@H]3CC(=O)C4CCCC[C@]4(C)[C@H]3CC[C@]12C)C(C)C. The summed E-state index contributed by atoms with van der Waals surface area (Å²) in [6, 6.07) is 0. The summed E-state index contributed by atoms with van der Waals surface area (Å²) in [5.41, 5.74) is 0.827. The van der Waals surface area contributed by atoms with Crippen LogP contribution in [0.3, 0.4) is 0 Å². The van der Waals surface area contributed by atoms with Gasteiger partial charge in [-0.05, 0) is 97.2 Å². The van der Waals surface area contributed by atoms with Crippen molar-refractivity contribution in [2.45, 2.75) is 119 Å². The Morgan fingerprint density at radius 1 is 0.900 bits per heavy atom. The molecular weight excluding hydrogens is 364 g/mol. The van der Waals surface area contributed by atoms with Crippen molar-refractivity contribution in [3.05, 3.63) is 0 Å². The minimum absolute atomic E-state index is 0.328. The van der Waals surface area contributed by atoms with Crippen LogP contribution in [0.1, 0.15) is 119 Å². The Kier molecular flexibility index (Phi) is 6.51. The number of Topliss-reactive ketones (excluding diaryl/α,β-unsaturated/α-hetero) is 1. The monoisotopic (exact) mass is 414 g/mol. The lowest BCUT2D eigenvalue weighted by atomic mass is 9.44. The van der Waals surface area contributed by atoms with Gasteiger partial charge in [0, 0.05) is 12.3 Å². The molecule has 0 saturated heterocycles. The van der Waals surface area contributed by atoms with E-state index in [-0.39, 0.29) is 0 Å². The third-order valence-electron chi connectivity index (χ3n) is 11.6. The first kappa shape index (κ1) is 22.8. The maximum Gasteiger partial charge on any atom is 0.136 e. The highest BCUT2D eigenvalue weighted by Gasteiger charge is 2.61. The van der Waals surface area contributed by atoms with Crippen LogP contribution in [-0.2, 0) is 4.79 Å². The smallest absolute Gasteiger partial charge is 0.136 e. The third kappa shape index (κ3) is 3.63. The van der Waals surface area contributed by atoms with Crippen molar-refractivity contribution in [2.75, 3.05) is 0 Å². The molecule has 4 saturated carbocycles. The van der Waals surface area contributed by atoms with Gasteiger partial charge in [-0.1, -0.05) is 67.2 Å². The van der Waals surface area contributed by atoms with E-state index in [1.54, 1.807) is 0 Å². The molecule has 0 bridgehead atoms. The summed E-state index contributed by atoms with van der Waals surface area (Å²) >= 11 is 0. The predicted molar refractivity (Wildman–Crippen MR) is 127 cm³/mol. The van der Waals surface area contributed by atoms with Crippen molar-refractivity contribution in [3.8, 4) is 0 Å². The highest BCUT2D eigenvalue weighted by Crippen LogP contribution is 2.67. The Bertz CT molecular complexity index is 622. The van der Waals surface area contributed by atoms with Gasteiger partial charge in [-0.15, -0.1) is 0 Å². The molecule has 0 radical (unpaired) electrons. The van der Waals surface area contributed by atoms with Crippen molar-refractivity contribution in [3.63, 3.8) is 0 Å². The molecule has 4 aliphatic rings. The Morgan fingerprint density at radius 3 is 2.33 bits per heavy atom. The molecule has 30 heavy (non-hydrogen) atoms. The van der Waals surface area contributed by atoms with Crippen molar-refractivity contribution >= 4 is 5.78 Å². The summed E-state index contributed by atoms with van der Waals surface area (Å²) < 4.78 is 0. The van der Waals surface area contributed by atoms with Crippen LogP contribution in [0.25, 0.3) is 0 Å². The minimum Gasteiger partial charge on any atom is -0.299 e. The molecule has 0 aromatic rings. The van der Waals surface area contributed by atoms with E-state index < -0.39 is 0 Å². The third-order valence-corrected chi connectivity index (χ3v) is 11.6. The van der Waals surface area contributed by atoms with Gasteiger partial charge < -0.3 is 0 Å². The fourth-order valence-electron chi connectivity index (χ4n) is 9.76. The summed E-state index contributed by atoms with van der Waals surface area (Å²) in [4.78, 5) is 13.3. The first-order valence-electron chi connectivity index (χ1n) is 13.7. The number of fused-ring (bicyclic) bond motifs is 5. The molecule has 1 heteroatoms. The van der Waals surface area contributed by atoms with Crippen molar-refractivity contribution < 1.29 is 4.79 Å². The minimum atomic E-state index is 0.328. The second-order valence-corrected chi connectivity index (χ2v) is 13.0. The largest absolute Gasteiger partial charge is 0.299 e. The van der Waals surface area contributed by atoms with E-state index in [0.717, 1.165) is 41.9 Å². The van der Waals surface area contributed by atoms with Crippen LogP contribution in [0.5, 0.6) is 0 Å². The van der Waals surface area contributed by atoms with Gasteiger partial charge in [-0.2, -0.15) is 0 Å². The number of hydrogen-bond acceptors (Lipinski definition) is 1. The number of ketones is 1. The van der Waals surface area contributed by atoms with Crippen LogP contribution in [0.15, 0.2) is 0 Å². The Balaban J connectivity index is 1.49. The molecule has 9 atom stereocenters. The summed E-state index contributed by atoms with van der Waals surface area (Å²) in [5.74, 6) is 6.86. The molecule has 4 aliphatic carbocycles. The van der Waals surface area contributed by atoms with Crippen LogP contribution in [0, 0.1) is 58.2 Å². The van der Waals surface area contributed by atoms with Gasteiger partial charge in [0.05, 0.1) is 0 Å².